The number of likely N-dealkylation sites (N-methyl/N-ethyl adjacent to an activating group) is 1. The molecular formula is C19H24N2O. The van der Waals surface area contributed by atoms with Gasteiger partial charge in [-0.3, -0.25) is 9.69 Å². The normalized spacial score (nSPS) is 10.8. The molecule has 0 saturated carbocycles. The quantitative estimate of drug-likeness (QED) is 0.913. The van der Waals surface area contributed by atoms with Crippen LogP contribution in [0.4, 0.5) is 5.69 Å². The van der Waals surface area contributed by atoms with Gasteiger partial charge in [-0.1, -0.05) is 36.4 Å². The predicted molar refractivity (Wildman–Crippen MR) is 92.1 cm³/mol. The molecule has 0 aliphatic carbocycles. The van der Waals surface area contributed by atoms with Crippen LogP contribution in [0, 0.1) is 20.8 Å². The fourth-order valence-corrected chi connectivity index (χ4v) is 2.44. The van der Waals surface area contributed by atoms with Gasteiger partial charge in [-0.15, -0.1) is 0 Å². The Morgan fingerprint density at radius 2 is 1.77 bits per heavy atom. The third kappa shape index (κ3) is 4.43. The first-order valence-corrected chi connectivity index (χ1v) is 7.56. The fourth-order valence-electron chi connectivity index (χ4n) is 2.44. The smallest absolute Gasteiger partial charge is 0.238 e. The second-order valence-electron chi connectivity index (χ2n) is 5.97. The summed E-state index contributed by atoms with van der Waals surface area (Å²) in [6.45, 7) is 7.28. The first-order chi connectivity index (χ1) is 10.5. The first-order valence-electron chi connectivity index (χ1n) is 7.56. The van der Waals surface area contributed by atoms with E-state index in [0.717, 1.165) is 23.4 Å². The molecule has 116 valence electrons. The Morgan fingerprint density at radius 1 is 1.05 bits per heavy atom. The number of amides is 1. The molecule has 0 aliphatic heterocycles. The van der Waals surface area contributed by atoms with Crippen molar-refractivity contribution in [1.82, 2.24) is 4.90 Å². The number of nitrogens with zero attached hydrogens (tertiary/aromatic N) is 1. The fraction of sp³-hybridized carbons (Fsp3) is 0.316. The van der Waals surface area contributed by atoms with Crippen LogP contribution < -0.4 is 5.32 Å². The maximum atomic E-state index is 12.2. The van der Waals surface area contributed by atoms with E-state index in [1.807, 2.05) is 50.1 Å². The molecule has 0 saturated heterocycles. The highest BCUT2D eigenvalue weighted by atomic mass is 16.2. The number of anilines is 1. The van der Waals surface area contributed by atoms with E-state index in [1.165, 1.54) is 11.1 Å². The highest BCUT2D eigenvalue weighted by molar-refractivity contribution is 5.93. The summed E-state index contributed by atoms with van der Waals surface area (Å²) in [6.07, 6.45) is 0. The molecule has 3 heteroatoms. The van der Waals surface area contributed by atoms with Crippen LogP contribution in [-0.4, -0.2) is 24.4 Å². The van der Waals surface area contributed by atoms with Crippen LogP contribution in [0.5, 0.6) is 0 Å². The van der Waals surface area contributed by atoms with Crippen molar-refractivity contribution >= 4 is 11.6 Å². The standard InChI is InChI=1S/C19H24N2O/c1-14-9-10-16(3)18(11-14)20-19(22)13-21(4)12-17-8-6-5-7-15(17)2/h5-11H,12-13H2,1-4H3,(H,20,22). The van der Waals surface area contributed by atoms with Crippen LogP contribution in [0.25, 0.3) is 0 Å². The average Bonchev–Trinajstić information content (AvgIpc) is 2.45. The van der Waals surface area contributed by atoms with Crippen molar-refractivity contribution in [1.29, 1.82) is 0 Å². The van der Waals surface area contributed by atoms with E-state index in [-0.39, 0.29) is 5.91 Å². The van der Waals surface area contributed by atoms with Gasteiger partial charge in [-0.25, -0.2) is 0 Å². The molecule has 0 heterocycles. The minimum Gasteiger partial charge on any atom is -0.325 e. The number of benzene rings is 2. The summed E-state index contributed by atoms with van der Waals surface area (Å²) in [4.78, 5) is 14.2. The third-order valence-corrected chi connectivity index (χ3v) is 3.78. The largest absolute Gasteiger partial charge is 0.325 e. The summed E-state index contributed by atoms with van der Waals surface area (Å²) in [6, 6.07) is 14.4. The molecule has 0 radical (unpaired) electrons. The maximum Gasteiger partial charge on any atom is 0.238 e. The summed E-state index contributed by atoms with van der Waals surface area (Å²) in [5, 5.41) is 3.00. The highest BCUT2D eigenvalue weighted by Crippen LogP contribution is 2.16. The number of nitrogens with one attached hydrogen (secondary N) is 1. The molecule has 2 aromatic rings. The van der Waals surface area contributed by atoms with E-state index in [1.54, 1.807) is 0 Å². The number of carbonyl (C=O) groups is 1. The molecule has 2 rings (SSSR count). The Hall–Kier alpha value is -2.13. The van der Waals surface area contributed by atoms with Crippen LogP contribution in [0.3, 0.4) is 0 Å². The van der Waals surface area contributed by atoms with Gasteiger partial charge in [0.1, 0.15) is 0 Å². The van der Waals surface area contributed by atoms with Gasteiger partial charge in [0.05, 0.1) is 6.54 Å². The van der Waals surface area contributed by atoms with Crippen LogP contribution in [0.1, 0.15) is 22.3 Å². The lowest BCUT2D eigenvalue weighted by molar-refractivity contribution is -0.117. The lowest BCUT2D eigenvalue weighted by atomic mass is 10.1. The van der Waals surface area contributed by atoms with Gasteiger partial charge in [0.15, 0.2) is 0 Å². The zero-order valence-corrected chi connectivity index (χ0v) is 13.8. The lowest BCUT2D eigenvalue weighted by Crippen LogP contribution is -2.30. The van der Waals surface area contributed by atoms with E-state index in [0.29, 0.717) is 6.54 Å². The summed E-state index contributed by atoms with van der Waals surface area (Å²) >= 11 is 0. The minimum absolute atomic E-state index is 0.0183. The van der Waals surface area contributed by atoms with E-state index in [4.69, 9.17) is 0 Å². The minimum atomic E-state index is 0.0183. The molecule has 1 N–H and O–H groups in total. The van der Waals surface area contributed by atoms with Gasteiger partial charge >= 0.3 is 0 Å². The van der Waals surface area contributed by atoms with E-state index < -0.39 is 0 Å². The second-order valence-corrected chi connectivity index (χ2v) is 5.97. The number of rotatable bonds is 5. The van der Waals surface area contributed by atoms with Gasteiger partial charge in [-0.2, -0.15) is 0 Å². The van der Waals surface area contributed by atoms with Crippen molar-refractivity contribution in [3.05, 3.63) is 64.7 Å². The molecule has 0 unspecified atom stereocenters. The van der Waals surface area contributed by atoms with Crippen LogP contribution in [-0.2, 0) is 11.3 Å². The van der Waals surface area contributed by atoms with Crippen LogP contribution >= 0.6 is 0 Å². The van der Waals surface area contributed by atoms with Crippen molar-refractivity contribution in [2.75, 3.05) is 18.9 Å². The van der Waals surface area contributed by atoms with Gasteiger partial charge < -0.3 is 5.32 Å². The SMILES string of the molecule is Cc1ccc(C)c(NC(=O)CN(C)Cc2ccccc2C)c1. The topological polar surface area (TPSA) is 32.3 Å². The molecule has 0 atom stereocenters. The highest BCUT2D eigenvalue weighted by Gasteiger charge is 2.09. The maximum absolute atomic E-state index is 12.2. The Morgan fingerprint density at radius 3 is 2.50 bits per heavy atom. The van der Waals surface area contributed by atoms with Crippen molar-refractivity contribution in [2.24, 2.45) is 0 Å². The van der Waals surface area contributed by atoms with Gasteiger partial charge in [0.2, 0.25) is 5.91 Å². The Kier molecular flexibility index (Phi) is 5.34. The summed E-state index contributed by atoms with van der Waals surface area (Å²) in [5.74, 6) is 0.0183. The average molecular weight is 296 g/mol. The van der Waals surface area contributed by atoms with E-state index in [2.05, 4.69) is 30.4 Å². The Balaban J connectivity index is 1.94. The molecular weight excluding hydrogens is 272 g/mol. The number of aryl methyl sites for hydroxylation is 3. The summed E-state index contributed by atoms with van der Waals surface area (Å²) < 4.78 is 0. The third-order valence-electron chi connectivity index (χ3n) is 3.78. The van der Waals surface area contributed by atoms with E-state index in [9.17, 15) is 4.79 Å². The van der Waals surface area contributed by atoms with E-state index >= 15 is 0 Å². The van der Waals surface area contributed by atoms with Gasteiger partial charge in [-0.05, 0) is 56.1 Å². The summed E-state index contributed by atoms with van der Waals surface area (Å²) in [7, 11) is 1.97. The Bertz CT molecular complexity index is 664. The molecule has 0 bridgehead atoms. The number of hydrogen-bond acceptors (Lipinski definition) is 2. The zero-order valence-electron chi connectivity index (χ0n) is 13.8. The molecule has 0 aliphatic rings. The molecule has 0 aromatic heterocycles. The summed E-state index contributed by atoms with van der Waals surface area (Å²) in [5.41, 5.74) is 5.64. The predicted octanol–water partition coefficient (Wildman–Crippen LogP) is 3.68. The molecule has 22 heavy (non-hydrogen) atoms. The molecule has 1 amide bonds. The van der Waals surface area contributed by atoms with Gasteiger partial charge in [0, 0.05) is 12.2 Å². The van der Waals surface area contributed by atoms with Crippen molar-refractivity contribution < 1.29 is 4.79 Å². The zero-order chi connectivity index (χ0) is 16.1. The van der Waals surface area contributed by atoms with Crippen molar-refractivity contribution in [3.8, 4) is 0 Å². The molecule has 0 fully saturated rings. The molecule has 2 aromatic carbocycles. The Labute approximate surface area is 133 Å². The monoisotopic (exact) mass is 296 g/mol. The van der Waals surface area contributed by atoms with Crippen molar-refractivity contribution in [3.63, 3.8) is 0 Å². The van der Waals surface area contributed by atoms with Crippen LogP contribution in [0.15, 0.2) is 42.5 Å². The second kappa shape index (κ2) is 7.23. The first kappa shape index (κ1) is 16.2. The lowest BCUT2D eigenvalue weighted by Gasteiger charge is -2.18. The van der Waals surface area contributed by atoms with Crippen molar-refractivity contribution in [2.45, 2.75) is 27.3 Å². The van der Waals surface area contributed by atoms with Crippen LogP contribution in [0.2, 0.25) is 0 Å². The van der Waals surface area contributed by atoms with Gasteiger partial charge in [0.25, 0.3) is 0 Å². The molecule has 0 spiro atoms. The number of hydrogen-bond donors (Lipinski definition) is 1. The molecule has 3 nitrogen and oxygen atoms in total. The number of carbonyl (C=O) groups excluding carboxylic acids is 1.